The lowest BCUT2D eigenvalue weighted by Gasteiger charge is -2.18. The van der Waals surface area contributed by atoms with Crippen molar-refractivity contribution in [2.45, 2.75) is 33.0 Å². The lowest BCUT2D eigenvalue weighted by atomic mass is 10.0. The second-order valence-corrected chi connectivity index (χ2v) is 7.04. The van der Waals surface area contributed by atoms with E-state index in [9.17, 15) is 22.4 Å². The number of nitrogens with zero attached hydrogens (tertiary/aromatic N) is 1. The third-order valence-corrected chi connectivity index (χ3v) is 4.80. The molecule has 3 rings (SSSR count). The van der Waals surface area contributed by atoms with Gasteiger partial charge in [0.25, 0.3) is 5.91 Å². The highest BCUT2D eigenvalue weighted by molar-refractivity contribution is 5.97. The van der Waals surface area contributed by atoms with Gasteiger partial charge in [0.15, 0.2) is 0 Å². The first-order valence-electron chi connectivity index (χ1n) is 9.42. The summed E-state index contributed by atoms with van der Waals surface area (Å²) in [6.45, 7) is 6.08. The van der Waals surface area contributed by atoms with E-state index in [-0.39, 0.29) is 11.1 Å². The zero-order valence-corrected chi connectivity index (χ0v) is 16.7. The first-order valence-corrected chi connectivity index (χ1v) is 9.42. The van der Waals surface area contributed by atoms with E-state index in [2.05, 4.69) is 15.6 Å². The van der Waals surface area contributed by atoms with Gasteiger partial charge in [0.1, 0.15) is 5.82 Å². The van der Waals surface area contributed by atoms with E-state index < -0.39 is 29.5 Å². The van der Waals surface area contributed by atoms with Crippen LogP contribution in [0.3, 0.4) is 0 Å². The third kappa shape index (κ3) is 4.53. The number of amides is 1. The van der Waals surface area contributed by atoms with Crippen molar-refractivity contribution in [3.63, 3.8) is 0 Å². The molecule has 0 aliphatic carbocycles. The molecule has 3 aromatic rings. The summed E-state index contributed by atoms with van der Waals surface area (Å²) < 4.78 is 53.0. The molecule has 8 heteroatoms. The van der Waals surface area contributed by atoms with Crippen LogP contribution in [0.4, 0.5) is 23.2 Å². The first-order chi connectivity index (χ1) is 14.1. The maximum Gasteiger partial charge on any atom is 0.416 e. The topological polar surface area (TPSA) is 54.0 Å². The fourth-order valence-electron chi connectivity index (χ4n) is 3.20. The molecule has 4 nitrogen and oxygen atoms in total. The van der Waals surface area contributed by atoms with Crippen LogP contribution in [0, 0.1) is 12.7 Å². The third-order valence-electron chi connectivity index (χ3n) is 4.80. The number of anilines is 1. The van der Waals surface area contributed by atoms with E-state index in [4.69, 9.17) is 0 Å². The summed E-state index contributed by atoms with van der Waals surface area (Å²) in [4.78, 5) is 16.6. The van der Waals surface area contributed by atoms with E-state index >= 15 is 0 Å². The monoisotopic (exact) mass is 419 g/mol. The van der Waals surface area contributed by atoms with Crippen LogP contribution in [0.1, 0.15) is 46.9 Å². The number of rotatable bonds is 5. The van der Waals surface area contributed by atoms with E-state index in [1.165, 1.54) is 24.4 Å². The van der Waals surface area contributed by atoms with Gasteiger partial charge in [0.05, 0.1) is 22.7 Å². The summed E-state index contributed by atoms with van der Waals surface area (Å²) in [5, 5.41) is 6.19. The molecule has 0 spiro atoms. The average molecular weight is 419 g/mol. The number of aromatic nitrogens is 1. The maximum absolute atomic E-state index is 14.5. The van der Waals surface area contributed by atoms with Gasteiger partial charge >= 0.3 is 6.18 Å². The lowest BCUT2D eigenvalue weighted by molar-refractivity contribution is -0.137. The molecule has 0 radical (unpaired) electrons. The van der Waals surface area contributed by atoms with Gasteiger partial charge in [-0.2, -0.15) is 13.2 Å². The minimum atomic E-state index is -4.47. The highest BCUT2D eigenvalue weighted by Gasteiger charge is 2.30. The van der Waals surface area contributed by atoms with Gasteiger partial charge in [0, 0.05) is 29.4 Å². The Hall–Kier alpha value is -3.16. The number of nitrogens with one attached hydrogen (secondary N) is 2. The Balaban J connectivity index is 1.81. The van der Waals surface area contributed by atoms with Crippen LogP contribution in [0.2, 0.25) is 0 Å². The zero-order valence-electron chi connectivity index (χ0n) is 16.7. The summed E-state index contributed by atoms with van der Waals surface area (Å²) in [7, 11) is 0. The molecule has 0 saturated carbocycles. The highest BCUT2D eigenvalue weighted by Crippen LogP contribution is 2.31. The van der Waals surface area contributed by atoms with Crippen molar-refractivity contribution in [2.24, 2.45) is 0 Å². The fraction of sp³-hybridized carbons (Fsp3) is 0.273. The van der Waals surface area contributed by atoms with E-state index in [0.29, 0.717) is 23.2 Å². The Labute approximate surface area is 171 Å². The SMILES string of the molecule is CCNc1cc(F)c([C@@H](C)NC(=O)c2cnc3cc(C(F)(F)F)ccc3c2)cc1C. The number of carbonyl (C=O) groups is 1. The number of pyridine rings is 1. The Morgan fingerprint density at radius 1 is 1.17 bits per heavy atom. The van der Waals surface area contributed by atoms with Crippen molar-refractivity contribution in [1.82, 2.24) is 10.3 Å². The molecule has 158 valence electrons. The molecule has 2 aromatic carbocycles. The molecule has 0 unspecified atom stereocenters. The molecule has 0 aliphatic rings. The highest BCUT2D eigenvalue weighted by atomic mass is 19.4. The zero-order chi connectivity index (χ0) is 22.1. The van der Waals surface area contributed by atoms with Gasteiger partial charge in [-0.1, -0.05) is 6.07 Å². The summed E-state index contributed by atoms with van der Waals surface area (Å²) in [6, 6.07) is 7.06. The molecule has 0 saturated heterocycles. The van der Waals surface area contributed by atoms with Crippen molar-refractivity contribution in [3.05, 3.63) is 70.7 Å². The summed E-state index contributed by atoms with van der Waals surface area (Å²) in [6.07, 6.45) is -3.26. The van der Waals surface area contributed by atoms with Crippen LogP contribution in [-0.2, 0) is 6.18 Å². The number of alkyl halides is 3. The van der Waals surface area contributed by atoms with Gasteiger partial charge < -0.3 is 10.6 Å². The Bertz CT molecular complexity index is 1100. The summed E-state index contributed by atoms with van der Waals surface area (Å²) in [5.41, 5.74) is 1.38. The normalized spacial score (nSPS) is 12.6. The number of halogens is 4. The molecular formula is C22H21F4N3O. The van der Waals surface area contributed by atoms with Crippen molar-refractivity contribution in [2.75, 3.05) is 11.9 Å². The fourth-order valence-corrected chi connectivity index (χ4v) is 3.20. The van der Waals surface area contributed by atoms with Gasteiger partial charge in [-0.15, -0.1) is 0 Å². The first kappa shape index (κ1) is 21.5. The van der Waals surface area contributed by atoms with Gasteiger partial charge in [0.2, 0.25) is 0 Å². The number of aryl methyl sites for hydroxylation is 1. The predicted octanol–water partition coefficient (Wildman–Crippen LogP) is 5.62. The number of hydrogen-bond acceptors (Lipinski definition) is 3. The summed E-state index contributed by atoms with van der Waals surface area (Å²) in [5.74, 6) is -0.940. The molecule has 0 fully saturated rings. The standard InChI is InChI=1S/C22H21F4N3O/c1-4-27-19-10-18(23)17(7-12(19)2)13(3)29-21(30)15-8-14-5-6-16(22(24,25)26)9-20(14)28-11-15/h5-11,13,27H,4H2,1-3H3,(H,29,30)/t13-/m1/s1. The molecule has 0 aliphatic heterocycles. The molecule has 2 N–H and O–H groups in total. The molecule has 0 bridgehead atoms. The van der Waals surface area contributed by atoms with E-state index in [0.717, 1.165) is 17.7 Å². The van der Waals surface area contributed by atoms with Crippen LogP contribution in [0.25, 0.3) is 10.9 Å². The van der Waals surface area contributed by atoms with Crippen molar-refractivity contribution >= 4 is 22.5 Å². The van der Waals surface area contributed by atoms with Gasteiger partial charge in [-0.25, -0.2) is 4.39 Å². The van der Waals surface area contributed by atoms with Crippen molar-refractivity contribution in [1.29, 1.82) is 0 Å². The molecular weight excluding hydrogens is 398 g/mol. The van der Waals surface area contributed by atoms with Crippen LogP contribution in [0.15, 0.2) is 42.6 Å². The number of benzene rings is 2. The average Bonchev–Trinajstić information content (AvgIpc) is 2.69. The van der Waals surface area contributed by atoms with Crippen molar-refractivity contribution < 1.29 is 22.4 Å². The molecule has 30 heavy (non-hydrogen) atoms. The second-order valence-electron chi connectivity index (χ2n) is 7.04. The molecule has 1 amide bonds. The largest absolute Gasteiger partial charge is 0.416 e. The smallest absolute Gasteiger partial charge is 0.385 e. The van der Waals surface area contributed by atoms with Crippen LogP contribution >= 0.6 is 0 Å². The van der Waals surface area contributed by atoms with E-state index in [1.807, 2.05) is 13.8 Å². The molecule has 1 aromatic heterocycles. The Morgan fingerprint density at radius 3 is 2.57 bits per heavy atom. The van der Waals surface area contributed by atoms with Crippen LogP contribution in [-0.4, -0.2) is 17.4 Å². The minimum absolute atomic E-state index is 0.134. The Morgan fingerprint density at radius 2 is 1.90 bits per heavy atom. The lowest BCUT2D eigenvalue weighted by Crippen LogP contribution is -2.27. The second kappa shape index (κ2) is 8.30. The van der Waals surface area contributed by atoms with Crippen LogP contribution in [0.5, 0.6) is 0 Å². The summed E-state index contributed by atoms with van der Waals surface area (Å²) >= 11 is 0. The molecule has 1 heterocycles. The predicted molar refractivity (Wildman–Crippen MR) is 108 cm³/mol. The van der Waals surface area contributed by atoms with Crippen LogP contribution < -0.4 is 10.6 Å². The molecule has 1 atom stereocenters. The maximum atomic E-state index is 14.5. The van der Waals surface area contributed by atoms with Crippen molar-refractivity contribution in [3.8, 4) is 0 Å². The van der Waals surface area contributed by atoms with E-state index in [1.54, 1.807) is 13.0 Å². The minimum Gasteiger partial charge on any atom is -0.385 e. The van der Waals surface area contributed by atoms with Gasteiger partial charge in [-0.3, -0.25) is 9.78 Å². The number of fused-ring (bicyclic) bond motifs is 1. The number of hydrogen-bond donors (Lipinski definition) is 2. The number of carbonyl (C=O) groups excluding carboxylic acids is 1. The van der Waals surface area contributed by atoms with Gasteiger partial charge in [-0.05, 0) is 56.7 Å². The Kier molecular flexibility index (Phi) is 5.96. The quantitative estimate of drug-likeness (QED) is 0.528.